The summed E-state index contributed by atoms with van der Waals surface area (Å²) in [5, 5.41) is 19.6. The van der Waals surface area contributed by atoms with Gasteiger partial charge in [0.1, 0.15) is 11.5 Å². The SMILES string of the molecule is CC(=O)c1ccc(Cc2ccc(C(C)=O)c(O)c2)cc1O. The summed E-state index contributed by atoms with van der Waals surface area (Å²) in [4.78, 5) is 22.5. The molecule has 0 aliphatic heterocycles. The quantitative estimate of drug-likeness (QED) is 0.846. The molecular formula is C17H16O4. The van der Waals surface area contributed by atoms with Gasteiger partial charge in [0.15, 0.2) is 11.6 Å². The van der Waals surface area contributed by atoms with Gasteiger partial charge in [-0.3, -0.25) is 9.59 Å². The molecule has 0 saturated heterocycles. The first kappa shape index (κ1) is 14.8. The van der Waals surface area contributed by atoms with E-state index >= 15 is 0 Å². The number of hydrogen-bond donors (Lipinski definition) is 2. The van der Waals surface area contributed by atoms with Crippen LogP contribution in [-0.2, 0) is 6.42 Å². The van der Waals surface area contributed by atoms with Crippen LogP contribution in [0.2, 0.25) is 0 Å². The number of ketones is 2. The molecule has 2 N–H and O–H groups in total. The second-order valence-corrected chi connectivity index (χ2v) is 4.99. The van der Waals surface area contributed by atoms with Crippen LogP contribution in [0.25, 0.3) is 0 Å². The lowest BCUT2D eigenvalue weighted by molar-refractivity contribution is 0.100. The molecule has 0 spiro atoms. The van der Waals surface area contributed by atoms with E-state index in [9.17, 15) is 19.8 Å². The molecule has 0 atom stereocenters. The van der Waals surface area contributed by atoms with Crippen LogP contribution in [0.3, 0.4) is 0 Å². The zero-order chi connectivity index (χ0) is 15.6. The normalized spacial score (nSPS) is 10.4. The first-order valence-corrected chi connectivity index (χ1v) is 6.54. The Kier molecular flexibility index (Phi) is 4.08. The lowest BCUT2D eigenvalue weighted by Crippen LogP contribution is -1.96. The molecule has 0 unspecified atom stereocenters. The molecule has 0 heterocycles. The topological polar surface area (TPSA) is 74.6 Å². The van der Waals surface area contributed by atoms with Gasteiger partial charge < -0.3 is 10.2 Å². The largest absolute Gasteiger partial charge is 0.507 e. The van der Waals surface area contributed by atoms with Gasteiger partial charge in [-0.2, -0.15) is 0 Å². The van der Waals surface area contributed by atoms with E-state index < -0.39 is 0 Å². The summed E-state index contributed by atoms with van der Waals surface area (Å²) in [5.74, 6) is -0.487. The Morgan fingerprint density at radius 3 is 1.48 bits per heavy atom. The average Bonchev–Trinajstić information content (AvgIpc) is 2.37. The highest BCUT2D eigenvalue weighted by Crippen LogP contribution is 2.24. The van der Waals surface area contributed by atoms with Gasteiger partial charge in [0.2, 0.25) is 0 Å². The summed E-state index contributed by atoms with van der Waals surface area (Å²) in [6, 6.07) is 9.74. The zero-order valence-electron chi connectivity index (χ0n) is 11.9. The van der Waals surface area contributed by atoms with E-state index in [0.29, 0.717) is 6.42 Å². The smallest absolute Gasteiger partial charge is 0.163 e. The molecule has 0 radical (unpaired) electrons. The molecule has 108 valence electrons. The number of carbonyl (C=O) groups excluding carboxylic acids is 2. The van der Waals surface area contributed by atoms with Gasteiger partial charge in [-0.1, -0.05) is 12.1 Å². The highest BCUT2D eigenvalue weighted by atomic mass is 16.3. The van der Waals surface area contributed by atoms with E-state index in [-0.39, 0.29) is 34.2 Å². The van der Waals surface area contributed by atoms with Crippen molar-refractivity contribution in [2.24, 2.45) is 0 Å². The number of aromatic hydroxyl groups is 2. The third-order valence-corrected chi connectivity index (χ3v) is 3.29. The lowest BCUT2D eigenvalue weighted by Gasteiger charge is -2.07. The Hall–Kier alpha value is -2.62. The van der Waals surface area contributed by atoms with Crippen molar-refractivity contribution in [2.45, 2.75) is 20.3 Å². The third-order valence-electron chi connectivity index (χ3n) is 3.29. The fraction of sp³-hybridized carbons (Fsp3) is 0.176. The van der Waals surface area contributed by atoms with Gasteiger partial charge >= 0.3 is 0 Å². The summed E-state index contributed by atoms with van der Waals surface area (Å²) in [6.07, 6.45) is 0.484. The van der Waals surface area contributed by atoms with Crippen LogP contribution in [0.1, 0.15) is 45.7 Å². The maximum absolute atomic E-state index is 11.3. The molecule has 2 rings (SSSR count). The van der Waals surface area contributed by atoms with E-state index in [0.717, 1.165) is 11.1 Å². The fourth-order valence-electron chi connectivity index (χ4n) is 2.21. The van der Waals surface area contributed by atoms with Crippen LogP contribution in [0, 0.1) is 0 Å². The van der Waals surface area contributed by atoms with Gasteiger partial charge in [-0.05, 0) is 55.7 Å². The van der Waals surface area contributed by atoms with Crippen molar-refractivity contribution in [3.05, 3.63) is 58.7 Å². The summed E-state index contributed by atoms with van der Waals surface area (Å²) < 4.78 is 0. The van der Waals surface area contributed by atoms with Crippen molar-refractivity contribution in [3.8, 4) is 11.5 Å². The van der Waals surface area contributed by atoms with Crippen LogP contribution >= 0.6 is 0 Å². The van der Waals surface area contributed by atoms with Gasteiger partial charge in [0.25, 0.3) is 0 Å². The minimum absolute atomic E-state index is 0.0513. The summed E-state index contributed by atoms with van der Waals surface area (Å²) in [7, 11) is 0. The number of hydrogen-bond acceptors (Lipinski definition) is 4. The number of Topliss-reactive ketones (excluding diaryl/α,β-unsaturated/α-hetero) is 2. The number of rotatable bonds is 4. The van der Waals surface area contributed by atoms with E-state index in [1.165, 1.54) is 26.0 Å². The highest BCUT2D eigenvalue weighted by Gasteiger charge is 2.10. The first-order valence-electron chi connectivity index (χ1n) is 6.54. The van der Waals surface area contributed by atoms with Crippen LogP contribution in [0.15, 0.2) is 36.4 Å². The molecule has 4 nitrogen and oxygen atoms in total. The van der Waals surface area contributed by atoms with Crippen LogP contribution < -0.4 is 0 Å². The maximum Gasteiger partial charge on any atom is 0.163 e. The van der Waals surface area contributed by atoms with Crippen LogP contribution in [0.5, 0.6) is 11.5 Å². The molecule has 4 heteroatoms. The second kappa shape index (κ2) is 5.79. The van der Waals surface area contributed by atoms with Crippen molar-refractivity contribution in [1.82, 2.24) is 0 Å². The van der Waals surface area contributed by atoms with Gasteiger partial charge in [0, 0.05) is 0 Å². The van der Waals surface area contributed by atoms with Gasteiger partial charge in [0.05, 0.1) is 11.1 Å². The van der Waals surface area contributed by atoms with Gasteiger partial charge in [-0.25, -0.2) is 0 Å². The molecule has 0 aliphatic carbocycles. The lowest BCUT2D eigenvalue weighted by atomic mass is 9.99. The molecule has 0 fully saturated rings. The van der Waals surface area contributed by atoms with E-state index in [4.69, 9.17) is 0 Å². The van der Waals surface area contributed by atoms with Crippen molar-refractivity contribution in [3.63, 3.8) is 0 Å². The predicted molar refractivity (Wildman–Crippen MR) is 79.0 cm³/mol. The molecule has 0 saturated carbocycles. The third kappa shape index (κ3) is 3.28. The summed E-state index contributed by atoms with van der Waals surface area (Å²) >= 11 is 0. The predicted octanol–water partition coefficient (Wildman–Crippen LogP) is 3.09. The first-order chi connectivity index (χ1) is 9.88. The van der Waals surface area contributed by atoms with Crippen LogP contribution in [-0.4, -0.2) is 21.8 Å². The van der Waals surface area contributed by atoms with E-state index in [1.807, 2.05) is 0 Å². The van der Waals surface area contributed by atoms with E-state index in [1.54, 1.807) is 24.3 Å². The maximum atomic E-state index is 11.3. The van der Waals surface area contributed by atoms with E-state index in [2.05, 4.69) is 0 Å². The van der Waals surface area contributed by atoms with Crippen LogP contribution in [0.4, 0.5) is 0 Å². The standard InChI is InChI=1S/C17H16O4/c1-10(18)14-5-3-12(8-16(14)20)7-13-4-6-15(11(2)19)17(21)9-13/h3-6,8-9,20-21H,7H2,1-2H3. The number of phenols is 2. The average molecular weight is 284 g/mol. The Balaban J connectivity index is 2.26. The number of benzene rings is 2. The summed E-state index contributed by atoms with van der Waals surface area (Å²) in [5.41, 5.74) is 2.20. The highest BCUT2D eigenvalue weighted by molar-refractivity contribution is 5.97. The summed E-state index contributed by atoms with van der Waals surface area (Å²) in [6.45, 7) is 2.79. The molecule has 2 aromatic rings. The zero-order valence-corrected chi connectivity index (χ0v) is 11.9. The molecule has 0 aromatic heterocycles. The second-order valence-electron chi connectivity index (χ2n) is 4.99. The Labute approximate surface area is 122 Å². The Morgan fingerprint density at radius 2 is 1.19 bits per heavy atom. The van der Waals surface area contributed by atoms with Crippen molar-refractivity contribution in [2.75, 3.05) is 0 Å². The minimum Gasteiger partial charge on any atom is -0.507 e. The molecule has 0 bridgehead atoms. The molecule has 0 amide bonds. The monoisotopic (exact) mass is 284 g/mol. The number of phenolic OH excluding ortho intramolecular Hbond substituents is 2. The van der Waals surface area contributed by atoms with Gasteiger partial charge in [-0.15, -0.1) is 0 Å². The van der Waals surface area contributed by atoms with Crippen molar-refractivity contribution < 1.29 is 19.8 Å². The fourth-order valence-corrected chi connectivity index (χ4v) is 2.21. The Bertz CT molecular complexity index is 655. The molecule has 0 aliphatic rings. The van der Waals surface area contributed by atoms with Crippen molar-refractivity contribution >= 4 is 11.6 Å². The molecule has 21 heavy (non-hydrogen) atoms. The van der Waals surface area contributed by atoms with Crippen molar-refractivity contribution in [1.29, 1.82) is 0 Å². The molecule has 2 aromatic carbocycles. The number of carbonyl (C=O) groups is 2. The molecular weight excluding hydrogens is 268 g/mol. The Morgan fingerprint density at radius 1 is 0.810 bits per heavy atom. The minimum atomic E-state index is -0.192.